The first-order valence-electron chi connectivity index (χ1n) is 2.21. The first-order chi connectivity index (χ1) is 4.20. The molecule has 0 bridgehead atoms. The molecule has 48 valence electrons. The molecule has 0 saturated carbocycles. The highest BCUT2D eigenvalue weighted by atomic mass is 16.3. The molecule has 1 rings (SSSR count). The molecule has 0 amide bonds. The lowest BCUT2D eigenvalue weighted by atomic mass is 10.6. The zero-order valence-corrected chi connectivity index (χ0v) is 4.34. The van der Waals surface area contributed by atoms with E-state index in [1.165, 1.54) is 0 Å². The van der Waals surface area contributed by atoms with Crippen molar-refractivity contribution in [2.45, 2.75) is 0 Å². The molecule has 1 aromatic heterocycles. The molecule has 0 saturated heterocycles. The van der Waals surface area contributed by atoms with Crippen molar-refractivity contribution in [1.29, 1.82) is 0 Å². The third-order valence-electron chi connectivity index (χ3n) is 0.800. The Morgan fingerprint density at radius 1 is 1.44 bits per heavy atom. The van der Waals surface area contributed by atoms with Crippen LogP contribution in [0.3, 0.4) is 0 Å². The molecular weight excluding hydrogens is 125 g/mol. The molecular formula is C4H4N2O3. The van der Waals surface area contributed by atoms with Crippen LogP contribution < -0.4 is 11.2 Å². The zero-order chi connectivity index (χ0) is 6.85. The van der Waals surface area contributed by atoms with Gasteiger partial charge in [0.1, 0.15) is 0 Å². The summed E-state index contributed by atoms with van der Waals surface area (Å²) < 4.78 is 0. The van der Waals surface area contributed by atoms with E-state index >= 15 is 0 Å². The minimum Gasteiger partial charge on any atom is -0.502 e. The van der Waals surface area contributed by atoms with E-state index in [1.807, 2.05) is 4.98 Å². The third-order valence-corrected chi connectivity index (χ3v) is 0.800. The van der Waals surface area contributed by atoms with E-state index in [9.17, 15) is 9.59 Å². The number of aromatic nitrogens is 2. The Balaban J connectivity index is 3.52. The number of hydrogen-bond acceptors (Lipinski definition) is 3. The maximum Gasteiger partial charge on any atom is 0.325 e. The molecule has 0 atom stereocenters. The second-order valence-electron chi connectivity index (χ2n) is 1.46. The van der Waals surface area contributed by atoms with E-state index in [4.69, 9.17) is 5.11 Å². The first kappa shape index (κ1) is 5.61. The molecule has 0 aliphatic heterocycles. The van der Waals surface area contributed by atoms with E-state index < -0.39 is 17.0 Å². The molecule has 5 nitrogen and oxygen atoms in total. The molecule has 1 aromatic rings. The Kier molecular flexibility index (Phi) is 1.11. The Labute approximate surface area is 49.0 Å². The maximum absolute atomic E-state index is 10.3. The Bertz CT molecular complexity index is 310. The molecule has 3 N–H and O–H groups in total. The van der Waals surface area contributed by atoms with Crippen LogP contribution in [0.25, 0.3) is 0 Å². The number of aromatic hydroxyl groups is 1. The van der Waals surface area contributed by atoms with Gasteiger partial charge < -0.3 is 10.1 Å². The standard InChI is InChI=1S/C4H4N2O3/c7-2-1-5-4(9)6-3(2)8/h1,7H,(H2,5,6,8,9)/i4+1,5+0,6+0. The van der Waals surface area contributed by atoms with Crippen molar-refractivity contribution in [1.82, 2.24) is 9.97 Å². The molecule has 9 heavy (non-hydrogen) atoms. The molecule has 0 unspecified atom stereocenters. The number of aromatic amines is 2. The van der Waals surface area contributed by atoms with Crippen molar-refractivity contribution in [2.24, 2.45) is 0 Å². The van der Waals surface area contributed by atoms with Crippen LogP contribution >= 0.6 is 0 Å². The van der Waals surface area contributed by atoms with Gasteiger partial charge in [0, 0.05) is 0 Å². The topological polar surface area (TPSA) is 86.0 Å². The van der Waals surface area contributed by atoms with Gasteiger partial charge in [-0.05, 0) is 0 Å². The van der Waals surface area contributed by atoms with Crippen LogP contribution in [-0.2, 0) is 0 Å². The number of hydrogen-bond donors (Lipinski definition) is 3. The average molecular weight is 129 g/mol. The third kappa shape index (κ3) is 0.987. The van der Waals surface area contributed by atoms with Crippen LogP contribution in [0.5, 0.6) is 5.75 Å². The van der Waals surface area contributed by atoms with Crippen LogP contribution in [0.2, 0.25) is 0 Å². The second kappa shape index (κ2) is 1.77. The highest BCUT2D eigenvalue weighted by molar-refractivity contribution is 5.07. The summed E-state index contributed by atoms with van der Waals surface area (Å²) in [7, 11) is 0. The Hall–Kier alpha value is -1.52. The summed E-state index contributed by atoms with van der Waals surface area (Å²) in [4.78, 5) is 24.4. The SMILES string of the molecule is O=c1[14nH][13c](=O)[14nH]cc1O. The number of nitrogens with one attached hydrogen (secondary N) is 2. The van der Waals surface area contributed by atoms with Gasteiger partial charge in [-0.1, -0.05) is 0 Å². The lowest BCUT2D eigenvalue weighted by Gasteiger charge is -1.83. The molecule has 5 heteroatoms. The van der Waals surface area contributed by atoms with Gasteiger partial charge in [0.05, 0.1) is 6.20 Å². The van der Waals surface area contributed by atoms with Gasteiger partial charge in [0.2, 0.25) is 0 Å². The van der Waals surface area contributed by atoms with E-state index in [1.54, 1.807) is 0 Å². The lowest BCUT2D eigenvalue weighted by molar-refractivity contribution is 0.462. The summed E-state index contributed by atoms with van der Waals surface area (Å²) in [5, 5.41) is 8.53. The van der Waals surface area contributed by atoms with Crippen molar-refractivity contribution in [3.8, 4) is 5.75 Å². The lowest BCUT2D eigenvalue weighted by Crippen LogP contribution is -2.20. The zero-order valence-electron chi connectivity index (χ0n) is 4.34. The van der Waals surface area contributed by atoms with Crippen LogP contribution in [-0.4, -0.2) is 15.1 Å². The van der Waals surface area contributed by atoms with Crippen molar-refractivity contribution < 1.29 is 5.11 Å². The van der Waals surface area contributed by atoms with Gasteiger partial charge in [-0.2, -0.15) is 0 Å². The van der Waals surface area contributed by atoms with Crippen LogP contribution in [0.15, 0.2) is 15.8 Å². The van der Waals surface area contributed by atoms with E-state index in [0.717, 1.165) is 6.20 Å². The monoisotopic (exact) mass is 129 g/mol. The Morgan fingerprint density at radius 3 is 2.56 bits per heavy atom. The molecule has 0 aliphatic carbocycles. The second-order valence-corrected chi connectivity index (χ2v) is 1.46. The summed E-state index contributed by atoms with van der Waals surface area (Å²) in [6.45, 7) is 0. The molecule has 0 fully saturated rings. The van der Waals surface area contributed by atoms with Gasteiger partial charge in [0.15, 0.2) is 5.75 Å². The first-order valence-corrected chi connectivity index (χ1v) is 2.21. The minimum absolute atomic E-state index is 0.491. The molecule has 0 radical (unpaired) electrons. The van der Waals surface area contributed by atoms with Crippen molar-refractivity contribution >= 4 is 0 Å². The van der Waals surface area contributed by atoms with E-state index in [2.05, 4.69) is 4.98 Å². The largest absolute Gasteiger partial charge is 0.502 e. The summed E-state index contributed by atoms with van der Waals surface area (Å²) in [6, 6.07) is 0. The van der Waals surface area contributed by atoms with Crippen molar-refractivity contribution in [2.75, 3.05) is 0 Å². The highest BCUT2D eigenvalue weighted by Crippen LogP contribution is 1.86. The molecule has 0 spiro atoms. The van der Waals surface area contributed by atoms with Gasteiger partial charge in [-0.25, -0.2) is 4.79 Å². The van der Waals surface area contributed by atoms with Gasteiger partial charge in [0.25, 0.3) is 5.56 Å². The number of H-pyrrole nitrogens is 2. The van der Waals surface area contributed by atoms with Crippen molar-refractivity contribution in [3.05, 3.63) is 27.0 Å². The summed E-state index contributed by atoms with van der Waals surface area (Å²) in [6.07, 6.45) is 0.932. The van der Waals surface area contributed by atoms with E-state index in [-0.39, 0.29) is 0 Å². The molecule has 0 aliphatic rings. The highest BCUT2D eigenvalue weighted by Gasteiger charge is 1.91. The fourth-order valence-corrected chi connectivity index (χ4v) is 0.403. The van der Waals surface area contributed by atoms with Gasteiger partial charge in [-0.3, -0.25) is 9.78 Å². The number of rotatable bonds is 0. The molecule has 1 heterocycles. The average Bonchev–Trinajstić information content (AvgIpc) is 1.80. The molecule has 0 aromatic carbocycles. The predicted octanol–water partition coefficient (Wildman–Crippen LogP) is -1.23. The fraction of sp³-hybridized carbons (Fsp3) is 0. The summed E-state index contributed by atoms with van der Waals surface area (Å²) in [5.41, 5.74) is -1.41. The van der Waals surface area contributed by atoms with Crippen LogP contribution in [0.1, 0.15) is 0 Å². The smallest absolute Gasteiger partial charge is 0.325 e. The summed E-state index contributed by atoms with van der Waals surface area (Å²) >= 11 is 0. The quantitative estimate of drug-likeness (QED) is 0.410. The van der Waals surface area contributed by atoms with Crippen LogP contribution in [0.4, 0.5) is 0 Å². The van der Waals surface area contributed by atoms with E-state index in [0.29, 0.717) is 0 Å². The van der Waals surface area contributed by atoms with Crippen molar-refractivity contribution in [3.63, 3.8) is 0 Å². The normalized spacial score (nSPS) is 9.33. The van der Waals surface area contributed by atoms with Crippen LogP contribution in [0, 0.1) is 0 Å². The summed E-state index contributed by atoms with van der Waals surface area (Å²) in [5.74, 6) is -0.491. The maximum atomic E-state index is 10.3. The predicted molar refractivity (Wildman–Crippen MR) is 29.3 cm³/mol. The Morgan fingerprint density at radius 2 is 2.11 bits per heavy atom. The minimum atomic E-state index is -0.779. The fourth-order valence-electron chi connectivity index (χ4n) is 0.403. The van der Waals surface area contributed by atoms with Gasteiger partial charge in [-0.15, -0.1) is 0 Å². The van der Waals surface area contributed by atoms with Gasteiger partial charge >= 0.3 is 5.69 Å².